The van der Waals surface area contributed by atoms with Gasteiger partial charge in [0.2, 0.25) is 0 Å². The van der Waals surface area contributed by atoms with Crippen LogP contribution in [0.25, 0.3) is 21.3 Å². The highest BCUT2D eigenvalue weighted by molar-refractivity contribution is 7.22. The summed E-state index contributed by atoms with van der Waals surface area (Å²) in [5.74, 6) is -0.0737. The van der Waals surface area contributed by atoms with Gasteiger partial charge in [0.25, 0.3) is 5.91 Å². The van der Waals surface area contributed by atoms with E-state index >= 15 is 0 Å². The predicted octanol–water partition coefficient (Wildman–Crippen LogP) is 6.97. The Bertz CT molecular complexity index is 1370. The largest absolute Gasteiger partial charge is 0.337 e. The molecule has 2 aromatic heterocycles. The van der Waals surface area contributed by atoms with Crippen LogP contribution in [0.3, 0.4) is 0 Å². The van der Waals surface area contributed by atoms with Gasteiger partial charge < -0.3 is 4.57 Å². The van der Waals surface area contributed by atoms with Crippen LogP contribution >= 0.6 is 35.3 Å². The number of imidazole rings is 1. The van der Waals surface area contributed by atoms with Crippen LogP contribution in [0.4, 0.5) is 5.13 Å². The van der Waals surface area contributed by atoms with Gasteiger partial charge in [0.05, 0.1) is 16.0 Å². The maximum absolute atomic E-state index is 13.6. The molecule has 5 nitrogen and oxygen atoms in total. The number of rotatable bonds is 7. The fourth-order valence-electron chi connectivity index (χ4n) is 3.72. The summed E-state index contributed by atoms with van der Waals surface area (Å²) in [4.78, 5) is 24.1. The van der Waals surface area contributed by atoms with Crippen LogP contribution in [0.1, 0.15) is 16.8 Å². The van der Waals surface area contributed by atoms with E-state index in [4.69, 9.17) is 16.6 Å². The molecule has 0 atom stereocenters. The molecule has 2 heterocycles. The highest BCUT2D eigenvalue weighted by Crippen LogP contribution is 2.33. The van der Waals surface area contributed by atoms with Crippen molar-refractivity contribution < 1.29 is 4.79 Å². The standard InChI is InChI=1S/C26H21ClN4OS.ClH/c27-22-8-4-9-23-24(22)29-26(33-23)31(16-5-15-30-17-14-28-18-30)25(32)21-12-10-20(11-13-21)19-6-2-1-3-7-19;/h1-4,6-14,17-18H,5,15-16H2;1H. The first-order valence-corrected chi connectivity index (χ1v) is 11.9. The van der Waals surface area contributed by atoms with Crippen molar-refractivity contribution in [2.45, 2.75) is 13.0 Å². The molecule has 5 rings (SSSR count). The number of halogens is 2. The van der Waals surface area contributed by atoms with Gasteiger partial charge in [0.1, 0.15) is 5.52 Å². The number of aromatic nitrogens is 3. The molecule has 172 valence electrons. The molecule has 0 aliphatic rings. The second-order valence-electron chi connectivity index (χ2n) is 7.64. The van der Waals surface area contributed by atoms with Crippen molar-refractivity contribution in [2.75, 3.05) is 11.4 Å². The first-order valence-electron chi connectivity index (χ1n) is 10.7. The zero-order chi connectivity index (χ0) is 22.6. The van der Waals surface area contributed by atoms with Crippen molar-refractivity contribution in [1.29, 1.82) is 0 Å². The molecule has 0 spiro atoms. The summed E-state index contributed by atoms with van der Waals surface area (Å²) in [5.41, 5.74) is 3.55. The van der Waals surface area contributed by atoms with Gasteiger partial charge in [-0.3, -0.25) is 9.69 Å². The predicted molar refractivity (Wildman–Crippen MR) is 142 cm³/mol. The maximum Gasteiger partial charge on any atom is 0.260 e. The summed E-state index contributed by atoms with van der Waals surface area (Å²) in [6, 6.07) is 23.6. The minimum atomic E-state index is -0.0737. The van der Waals surface area contributed by atoms with E-state index < -0.39 is 0 Å². The van der Waals surface area contributed by atoms with Gasteiger partial charge in [-0.05, 0) is 41.8 Å². The van der Waals surface area contributed by atoms with Gasteiger partial charge >= 0.3 is 0 Å². The van der Waals surface area contributed by atoms with Gasteiger partial charge in [0, 0.05) is 31.0 Å². The molecule has 0 fully saturated rings. The van der Waals surface area contributed by atoms with Crippen LogP contribution in [0.2, 0.25) is 5.02 Å². The van der Waals surface area contributed by atoms with Crippen LogP contribution in [0.15, 0.2) is 91.5 Å². The quantitative estimate of drug-likeness (QED) is 0.238. The molecule has 0 aliphatic carbocycles. The molecular formula is C26H22Cl2N4OS. The lowest BCUT2D eigenvalue weighted by Gasteiger charge is -2.20. The summed E-state index contributed by atoms with van der Waals surface area (Å²) in [6.07, 6.45) is 6.23. The molecule has 0 unspecified atom stereocenters. The number of para-hydroxylation sites is 1. The smallest absolute Gasteiger partial charge is 0.260 e. The van der Waals surface area contributed by atoms with Gasteiger partial charge in [-0.2, -0.15) is 0 Å². The van der Waals surface area contributed by atoms with Gasteiger partial charge in [0.15, 0.2) is 5.13 Å². The molecule has 0 saturated heterocycles. The summed E-state index contributed by atoms with van der Waals surface area (Å²) >= 11 is 7.83. The third kappa shape index (κ3) is 5.14. The number of benzene rings is 3. The monoisotopic (exact) mass is 508 g/mol. The molecule has 0 N–H and O–H groups in total. The van der Waals surface area contributed by atoms with Crippen LogP contribution < -0.4 is 4.90 Å². The third-order valence-electron chi connectivity index (χ3n) is 5.43. The van der Waals surface area contributed by atoms with E-state index in [1.807, 2.05) is 71.4 Å². The average molecular weight is 509 g/mol. The zero-order valence-electron chi connectivity index (χ0n) is 18.2. The number of aryl methyl sites for hydroxylation is 1. The number of hydrogen-bond donors (Lipinski definition) is 0. The van der Waals surface area contributed by atoms with Crippen LogP contribution in [0.5, 0.6) is 0 Å². The fraction of sp³-hybridized carbons (Fsp3) is 0.115. The topological polar surface area (TPSA) is 51.0 Å². The normalized spacial score (nSPS) is 10.7. The highest BCUT2D eigenvalue weighted by atomic mass is 35.5. The Morgan fingerprint density at radius 2 is 1.74 bits per heavy atom. The summed E-state index contributed by atoms with van der Waals surface area (Å²) < 4.78 is 2.97. The molecule has 5 aromatic rings. The number of carbonyl (C=O) groups is 1. The average Bonchev–Trinajstić information content (AvgIpc) is 3.53. The van der Waals surface area contributed by atoms with Gasteiger partial charge in [-0.15, -0.1) is 12.4 Å². The van der Waals surface area contributed by atoms with E-state index in [1.54, 1.807) is 17.4 Å². The molecule has 3 aromatic carbocycles. The van der Waals surface area contributed by atoms with E-state index in [1.165, 1.54) is 11.3 Å². The summed E-state index contributed by atoms with van der Waals surface area (Å²) in [6.45, 7) is 1.30. The van der Waals surface area contributed by atoms with Crippen LogP contribution in [-0.2, 0) is 6.54 Å². The lowest BCUT2D eigenvalue weighted by molar-refractivity contribution is 0.0986. The lowest BCUT2D eigenvalue weighted by Crippen LogP contribution is -2.32. The Morgan fingerprint density at radius 3 is 2.44 bits per heavy atom. The Morgan fingerprint density at radius 1 is 0.971 bits per heavy atom. The highest BCUT2D eigenvalue weighted by Gasteiger charge is 2.22. The lowest BCUT2D eigenvalue weighted by atomic mass is 10.0. The van der Waals surface area contributed by atoms with E-state index in [0.717, 1.165) is 34.3 Å². The number of nitrogens with zero attached hydrogens (tertiary/aromatic N) is 4. The Hall–Kier alpha value is -3.19. The Labute approximate surface area is 213 Å². The molecule has 8 heteroatoms. The van der Waals surface area contributed by atoms with Gasteiger partial charge in [-0.25, -0.2) is 9.97 Å². The maximum atomic E-state index is 13.6. The number of amides is 1. The van der Waals surface area contributed by atoms with Crippen molar-refractivity contribution in [3.05, 3.63) is 102 Å². The first-order chi connectivity index (χ1) is 16.2. The third-order valence-corrected chi connectivity index (χ3v) is 6.78. The minimum absolute atomic E-state index is 0. The van der Waals surface area contributed by atoms with Crippen molar-refractivity contribution >= 4 is 56.6 Å². The van der Waals surface area contributed by atoms with Crippen molar-refractivity contribution in [2.24, 2.45) is 0 Å². The number of anilines is 1. The van der Waals surface area contributed by atoms with E-state index in [2.05, 4.69) is 17.1 Å². The molecular weight excluding hydrogens is 487 g/mol. The number of thiazole rings is 1. The first kappa shape index (κ1) is 24.0. The number of fused-ring (bicyclic) bond motifs is 1. The van der Waals surface area contributed by atoms with Gasteiger partial charge in [-0.1, -0.05) is 71.5 Å². The van der Waals surface area contributed by atoms with Crippen molar-refractivity contribution in [3.8, 4) is 11.1 Å². The van der Waals surface area contributed by atoms with E-state index in [9.17, 15) is 4.79 Å². The molecule has 0 saturated carbocycles. The molecule has 0 aliphatic heterocycles. The minimum Gasteiger partial charge on any atom is -0.337 e. The summed E-state index contributed by atoms with van der Waals surface area (Å²) in [7, 11) is 0. The Kier molecular flexibility index (Phi) is 7.63. The second-order valence-corrected chi connectivity index (χ2v) is 9.05. The molecule has 34 heavy (non-hydrogen) atoms. The Balaban J connectivity index is 0.00000274. The summed E-state index contributed by atoms with van der Waals surface area (Å²) in [5, 5.41) is 1.24. The van der Waals surface area contributed by atoms with Crippen molar-refractivity contribution in [1.82, 2.24) is 14.5 Å². The van der Waals surface area contributed by atoms with Crippen molar-refractivity contribution in [3.63, 3.8) is 0 Å². The van der Waals surface area contributed by atoms with Crippen LogP contribution in [0, 0.1) is 0 Å². The van der Waals surface area contributed by atoms with E-state index in [-0.39, 0.29) is 18.3 Å². The number of carbonyl (C=O) groups excluding carboxylic acids is 1. The second kappa shape index (κ2) is 10.8. The molecule has 0 radical (unpaired) electrons. The van der Waals surface area contributed by atoms with Crippen LogP contribution in [-0.4, -0.2) is 27.0 Å². The van der Waals surface area contributed by atoms with E-state index in [0.29, 0.717) is 22.3 Å². The zero-order valence-corrected chi connectivity index (χ0v) is 20.6. The fourth-order valence-corrected chi connectivity index (χ4v) is 5.01. The number of hydrogen-bond acceptors (Lipinski definition) is 4. The molecule has 0 bridgehead atoms. The molecule has 1 amide bonds. The SMILES string of the molecule is Cl.O=C(c1ccc(-c2ccccc2)cc1)N(CCCn1ccnc1)c1nc2c(Cl)cccc2s1.